The molecule has 0 bridgehead atoms. The minimum Gasteiger partial charge on any atom is -0.383 e. The second-order valence-corrected chi connectivity index (χ2v) is 4.36. The Kier molecular flexibility index (Phi) is 34.7. The van der Waals surface area contributed by atoms with Crippen LogP contribution in [-0.2, 0) is 37.4 Å². The molecular weight excluding hydrogens is 323 g/mol. The molecule has 0 heterocycles. The van der Waals surface area contributed by atoms with E-state index >= 15 is 0 Å². The van der Waals surface area contributed by atoms with E-state index in [0.29, 0.717) is 5.92 Å². The fourth-order valence-electron chi connectivity index (χ4n) is 1.11. The Hall–Kier alpha value is 0.244. The van der Waals surface area contributed by atoms with Gasteiger partial charge in [0.05, 0.1) is 6.61 Å². The van der Waals surface area contributed by atoms with Crippen LogP contribution in [0.1, 0.15) is 47.6 Å². The molecule has 0 spiro atoms. The monoisotopic (exact) mass is 360 g/mol. The Bertz CT molecular complexity index is 250. The maximum atomic E-state index is 4.81. The molecule has 2 nitrogen and oxygen atoms in total. The molecule has 0 aliphatic carbocycles. The summed E-state index contributed by atoms with van der Waals surface area (Å²) in [5, 5.41) is 0. The summed E-state index contributed by atoms with van der Waals surface area (Å²) in [5.74, 6) is 0.659. The third kappa shape index (κ3) is 20.6. The predicted octanol–water partition coefficient (Wildman–Crippen LogP) is 4.91. The van der Waals surface area contributed by atoms with Gasteiger partial charge in [-0.25, -0.2) is 0 Å². The maximum Gasteiger partial charge on any atom is 0.0589 e. The predicted molar refractivity (Wildman–Crippen MR) is 91.2 cm³/mol. The van der Waals surface area contributed by atoms with Gasteiger partial charge in [-0.15, -0.1) is 0 Å². The fraction of sp³-hybridized carbons (Fsp3) is 0.647. The van der Waals surface area contributed by atoms with Crippen molar-refractivity contribution in [1.29, 1.82) is 0 Å². The van der Waals surface area contributed by atoms with Crippen molar-refractivity contribution < 1.29 is 37.4 Å². The molecule has 1 rings (SSSR count). The van der Waals surface area contributed by atoms with Gasteiger partial charge in [-0.05, 0) is 25.6 Å². The van der Waals surface area contributed by atoms with Crippen molar-refractivity contribution in [2.75, 3.05) is 34.4 Å². The summed E-state index contributed by atoms with van der Waals surface area (Å²) in [6.07, 6.45) is 0. The molecule has 119 valence electrons. The van der Waals surface area contributed by atoms with Crippen LogP contribution in [0.2, 0.25) is 0 Å². The first-order chi connectivity index (χ1) is 7.57. The van der Waals surface area contributed by atoms with Crippen LogP contribution in [0.5, 0.6) is 0 Å². The van der Waals surface area contributed by atoms with Crippen LogP contribution in [0.15, 0.2) is 30.3 Å². The van der Waals surface area contributed by atoms with Gasteiger partial charge in [0.2, 0.25) is 0 Å². The Morgan fingerprint density at radius 3 is 1.65 bits per heavy atom. The number of hydrogen-bond acceptors (Lipinski definition) is 2. The van der Waals surface area contributed by atoms with Gasteiger partial charge in [-0.1, -0.05) is 66.5 Å². The zero-order valence-electron chi connectivity index (χ0n) is 11.8. The van der Waals surface area contributed by atoms with Crippen LogP contribution in [0, 0.1) is 0 Å². The summed E-state index contributed by atoms with van der Waals surface area (Å²) < 4.78 is 4.81. The van der Waals surface area contributed by atoms with Crippen molar-refractivity contribution in [3.05, 3.63) is 35.9 Å². The molecule has 0 N–H and O–H groups in total. The summed E-state index contributed by atoms with van der Waals surface area (Å²) in [4.78, 5) is 2.09. The smallest absolute Gasteiger partial charge is 0.0589 e. The number of methoxy groups -OCH3 is 1. The molecule has 0 aliphatic rings. The largest absolute Gasteiger partial charge is 0.383 e. The van der Waals surface area contributed by atoms with Gasteiger partial charge in [-0.2, -0.15) is 0 Å². The first-order valence-corrected chi connectivity index (χ1v) is 5.76. The quantitative estimate of drug-likeness (QED) is 0.756. The minimum absolute atomic E-state index is 0. The van der Waals surface area contributed by atoms with Crippen molar-refractivity contribution in [3.8, 4) is 0 Å². The summed E-state index contributed by atoms with van der Waals surface area (Å²) in [5.41, 5.74) is 1.41. The second kappa shape index (κ2) is 21.5. The zero-order valence-corrected chi connectivity index (χ0v) is 14.6. The van der Waals surface area contributed by atoms with E-state index in [1.54, 1.807) is 7.11 Å². The molecule has 1 aromatic rings. The molecular formula is C17H37NOY. The van der Waals surface area contributed by atoms with Crippen LogP contribution in [0.25, 0.3) is 0 Å². The number of benzene rings is 1. The second-order valence-electron chi connectivity index (χ2n) is 4.36. The Morgan fingerprint density at radius 1 is 1.00 bits per heavy atom. The number of hydrogen-bond donors (Lipinski definition) is 0. The van der Waals surface area contributed by atoms with Crippen molar-refractivity contribution >= 4 is 0 Å². The Balaban J connectivity index is -0.0000000640. The van der Waals surface area contributed by atoms with Gasteiger partial charge >= 0.3 is 0 Å². The maximum absolute atomic E-state index is 4.81. The van der Waals surface area contributed by atoms with Gasteiger partial charge in [0.15, 0.2) is 0 Å². The van der Waals surface area contributed by atoms with E-state index in [1.807, 2.05) is 20.2 Å². The van der Waals surface area contributed by atoms with E-state index in [0.717, 1.165) is 13.2 Å². The van der Waals surface area contributed by atoms with Gasteiger partial charge in [0.1, 0.15) is 0 Å². The minimum atomic E-state index is 0. The van der Waals surface area contributed by atoms with Gasteiger partial charge < -0.3 is 9.64 Å². The number of likely N-dealkylation sites (N-methyl/N-ethyl adjacent to an activating group) is 1. The molecule has 20 heavy (non-hydrogen) atoms. The molecule has 1 radical (unpaired) electrons. The topological polar surface area (TPSA) is 12.5 Å². The summed E-state index contributed by atoms with van der Waals surface area (Å²) in [6.45, 7) is 6.24. The van der Waals surface area contributed by atoms with Crippen molar-refractivity contribution in [1.82, 2.24) is 4.90 Å². The van der Waals surface area contributed by atoms with Crippen molar-refractivity contribution in [2.45, 2.75) is 42.0 Å². The third-order valence-corrected chi connectivity index (χ3v) is 2.21. The Labute approximate surface area is 154 Å². The van der Waals surface area contributed by atoms with E-state index in [4.69, 9.17) is 4.74 Å². The summed E-state index contributed by atoms with van der Waals surface area (Å²) in [7, 11) is 5.77. The first kappa shape index (κ1) is 32.3. The van der Waals surface area contributed by atoms with Gasteiger partial charge in [-0.3, -0.25) is 0 Å². The van der Waals surface area contributed by atoms with E-state index in [-0.39, 0.29) is 55.0 Å². The SMILES string of the molecule is C.C.C.CC(C)c1ccccc1.COCCN(C)C.[Y]. The zero-order chi connectivity index (χ0) is 12.4. The van der Waals surface area contributed by atoms with Crippen LogP contribution >= 0.6 is 0 Å². The molecule has 3 heteroatoms. The molecule has 0 saturated heterocycles. The molecule has 0 atom stereocenters. The molecule has 0 aromatic heterocycles. The summed E-state index contributed by atoms with van der Waals surface area (Å²) >= 11 is 0. The van der Waals surface area contributed by atoms with E-state index in [1.165, 1.54) is 5.56 Å². The standard InChI is InChI=1S/C9H12.C5H13NO.3CH4.Y/c1-8(2)9-6-4-3-5-7-9;1-6(2)4-5-7-3;;;;/h3-8H,1-2H3;4-5H2,1-3H3;3*1H4;. The molecule has 0 unspecified atom stereocenters. The Morgan fingerprint density at radius 2 is 1.45 bits per heavy atom. The van der Waals surface area contributed by atoms with Gasteiger partial charge in [0, 0.05) is 46.4 Å². The van der Waals surface area contributed by atoms with Crippen LogP contribution < -0.4 is 0 Å². The van der Waals surface area contributed by atoms with Crippen LogP contribution in [-0.4, -0.2) is 39.3 Å². The van der Waals surface area contributed by atoms with Gasteiger partial charge in [0.25, 0.3) is 0 Å². The number of rotatable bonds is 4. The summed E-state index contributed by atoms with van der Waals surface area (Å²) in [6, 6.07) is 10.5. The third-order valence-electron chi connectivity index (χ3n) is 2.21. The van der Waals surface area contributed by atoms with E-state index in [2.05, 4.69) is 43.0 Å². The van der Waals surface area contributed by atoms with Crippen LogP contribution in [0.3, 0.4) is 0 Å². The molecule has 0 amide bonds. The average Bonchev–Trinajstić information content (AvgIpc) is 2.28. The molecule has 0 fully saturated rings. The molecule has 0 aliphatic heterocycles. The average molecular weight is 360 g/mol. The number of ether oxygens (including phenoxy) is 1. The van der Waals surface area contributed by atoms with Crippen LogP contribution in [0.4, 0.5) is 0 Å². The number of nitrogens with zero attached hydrogens (tertiary/aromatic N) is 1. The fourth-order valence-corrected chi connectivity index (χ4v) is 1.11. The van der Waals surface area contributed by atoms with Crippen molar-refractivity contribution in [2.24, 2.45) is 0 Å². The van der Waals surface area contributed by atoms with Crippen molar-refractivity contribution in [3.63, 3.8) is 0 Å². The van der Waals surface area contributed by atoms with E-state index in [9.17, 15) is 0 Å². The molecule has 1 aromatic carbocycles. The normalized spacial score (nSPS) is 8.15. The first-order valence-electron chi connectivity index (χ1n) is 5.76. The van der Waals surface area contributed by atoms with E-state index < -0.39 is 0 Å². The molecule has 0 saturated carbocycles.